The lowest BCUT2D eigenvalue weighted by Crippen LogP contribution is -2.18. The summed E-state index contributed by atoms with van der Waals surface area (Å²) in [5, 5.41) is 15.1. The molecule has 5 nitrogen and oxygen atoms in total. The van der Waals surface area contributed by atoms with Crippen molar-refractivity contribution in [1.29, 1.82) is 5.26 Å². The summed E-state index contributed by atoms with van der Waals surface area (Å²) >= 11 is 5.91. The smallest absolute Gasteiger partial charge is 0.267 e. The average molecular weight is 355 g/mol. The standard InChI is InChI=1S/C19H19ClN4O/c1-13-3-2-4-14(9-13)7-8-23-12-15(11-21)19(25)24-16-5-6-18(22)17(20)10-16/h2-6,9-10,12,23H,7-8,22H2,1H3,(H,24,25)/b15-12-. The van der Waals surface area contributed by atoms with Crippen molar-refractivity contribution in [2.75, 3.05) is 17.6 Å². The van der Waals surface area contributed by atoms with Gasteiger partial charge in [-0.15, -0.1) is 0 Å². The summed E-state index contributed by atoms with van der Waals surface area (Å²) in [6, 6.07) is 14.8. The van der Waals surface area contributed by atoms with Crippen molar-refractivity contribution in [3.05, 3.63) is 70.4 Å². The lowest BCUT2D eigenvalue weighted by molar-refractivity contribution is -0.112. The molecule has 2 rings (SSSR count). The molecule has 1 amide bonds. The molecule has 2 aromatic rings. The Kier molecular flexibility index (Phi) is 6.44. The predicted octanol–water partition coefficient (Wildman–Crippen LogP) is 3.41. The predicted molar refractivity (Wildman–Crippen MR) is 101 cm³/mol. The zero-order chi connectivity index (χ0) is 18.2. The third-order valence-corrected chi connectivity index (χ3v) is 3.84. The molecule has 6 heteroatoms. The molecule has 0 aliphatic rings. The van der Waals surface area contributed by atoms with Gasteiger partial charge in [0.1, 0.15) is 11.6 Å². The first-order valence-corrected chi connectivity index (χ1v) is 8.13. The summed E-state index contributed by atoms with van der Waals surface area (Å²) in [7, 11) is 0. The highest BCUT2D eigenvalue weighted by Crippen LogP contribution is 2.22. The van der Waals surface area contributed by atoms with Crippen LogP contribution >= 0.6 is 11.6 Å². The highest BCUT2D eigenvalue weighted by Gasteiger charge is 2.10. The number of nitrogen functional groups attached to an aromatic ring is 1. The molecule has 0 radical (unpaired) electrons. The van der Waals surface area contributed by atoms with Crippen LogP contribution in [0.3, 0.4) is 0 Å². The molecule has 128 valence electrons. The highest BCUT2D eigenvalue weighted by molar-refractivity contribution is 6.33. The zero-order valence-electron chi connectivity index (χ0n) is 13.8. The van der Waals surface area contributed by atoms with Crippen LogP contribution in [-0.4, -0.2) is 12.5 Å². The van der Waals surface area contributed by atoms with Crippen LogP contribution in [0.4, 0.5) is 11.4 Å². The number of aryl methyl sites for hydroxylation is 1. The fraction of sp³-hybridized carbons (Fsp3) is 0.158. The van der Waals surface area contributed by atoms with E-state index in [0.717, 1.165) is 6.42 Å². The maximum atomic E-state index is 12.1. The summed E-state index contributed by atoms with van der Waals surface area (Å²) in [6.07, 6.45) is 2.22. The number of rotatable bonds is 6. The minimum Gasteiger partial charge on any atom is -0.398 e. The van der Waals surface area contributed by atoms with Gasteiger partial charge < -0.3 is 16.4 Å². The van der Waals surface area contributed by atoms with Gasteiger partial charge in [0, 0.05) is 18.4 Å². The van der Waals surface area contributed by atoms with Crippen molar-refractivity contribution in [3.63, 3.8) is 0 Å². The van der Waals surface area contributed by atoms with E-state index in [1.54, 1.807) is 12.1 Å². The lowest BCUT2D eigenvalue weighted by atomic mass is 10.1. The van der Waals surface area contributed by atoms with Crippen molar-refractivity contribution in [3.8, 4) is 6.07 Å². The molecule has 2 aromatic carbocycles. The Hall–Kier alpha value is -2.97. The van der Waals surface area contributed by atoms with E-state index >= 15 is 0 Å². The largest absolute Gasteiger partial charge is 0.398 e. The molecule has 0 aliphatic carbocycles. The molecule has 0 spiro atoms. The number of nitriles is 1. The van der Waals surface area contributed by atoms with Crippen LogP contribution in [0, 0.1) is 18.3 Å². The molecule has 0 unspecified atom stereocenters. The van der Waals surface area contributed by atoms with E-state index < -0.39 is 5.91 Å². The summed E-state index contributed by atoms with van der Waals surface area (Å²) in [5.74, 6) is -0.508. The number of hydrogen-bond acceptors (Lipinski definition) is 4. The number of nitrogens with two attached hydrogens (primary N) is 1. The van der Waals surface area contributed by atoms with E-state index in [4.69, 9.17) is 22.6 Å². The molecule has 0 aromatic heterocycles. The number of nitrogens with one attached hydrogen (secondary N) is 2. The number of hydrogen-bond donors (Lipinski definition) is 3. The minimum absolute atomic E-state index is 0.0165. The topological polar surface area (TPSA) is 90.9 Å². The van der Waals surface area contributed by atoms with Crippen molar-refractivity contribution in [2.24, 2.45) is 0 Å². The van der Waals surface area contributed by atoms with Gasteiger partial charge in [-0.3, -0.25) is 4.79 Å². The van der Waals surface area contributed by atoms with Gasteiger partial charge in [-0.05, 0) is 37.1 Å². The fourth-order valence-corrected chi connectivity index (χ4v) is 2.39. The number of benzene rings is 2. The Morgan fingerprint density at radius 2 is 2.12 bits per heavy atom. The second-order valence-electron chi connectivity index (χ2n) is 5.55. The highest BCUT2D eigenvalue weighted by atomic mass is 35.5. The van der Waals surface area contributed by atoms with E-state index in [0.29, 0.717) is 22.9 Å². The number of anilines is 2. The molecule has 0 fully saturated rings. The van der Waals surface area contributed by atoms with Gasteiger partial charge in [-0.25, -0.2) is 0 Å². The van der Waals surface area contributed by atoms with Gasteiger partial charge in [-0.2, -0.15) is 5.26 Å². The number of carbonyl (C=O) groups is 1. The molecule has 4 N–H and O–H groups in total. The number of halogens is 1. The summed E-state index contributed by atoms with van der Waals surface area (Å²) < 4.78 is 0. The first-order chi connectivity index (χ1) is 12.0. The first-order valence-electron chi connectivity index (χ1n) is 7.75. The Balaban J connectivity index is 1.91. The van der Waals surface area contributed by atoms with Crippen molar-refractivity contribution < 1.29 is 4.79 Å². The Morgan fingerprint density at radius 3 is 2.80 bits per heavy atom. The fourth-order valence-electron chi connectivity index (χ4n) is 2.21. The molecule has 0 atom stereocenters. The monoisotopic (exact) mass is 354 g/mol. The third kappa shape index (κ3) is 5.55. The van der Waals surface area contributed by atoms with Crippen LogP contribution < -0.4 is 16.4 Å². The Morgan fingerprint density at radius 1 is 1.32 bits per heavy atom. The number of amides is 1. The molecule has 0 saturated heterocycles. The SMILES string of the molecule is Cc1cccc(CCN/C=C(/C#N)C(=O)Nc2ccc(N)c(Cl)c2)c1. The molecule has 0 bridgehead atoms. The lowest BCUT2D eigenvalue weighted by Gasteiger charge is -2.07. The van der Waals surface area contributed by atoms with Crippen LogP contribution in [0.2, 0.25) is 5.02 Å². The van der Waals surface area contributed by atoms with E-state index in [-0.39, 0.29) is 5.57 Å². The normalized spacial score (nSPS) is 10.8. The second-order valence-corrected chi connectivity index (χ2v) is 5.96. The summed E-state index contributed by atoms with van der Waals surface area (Å²) in [4.78, 5) is 12.1. The van der Waals surface area contributed by atoms with Crippen molar-refractivity contribution >= 4 is 28.9 Å². The number of nitrogens with zero attached hydrogens (tertiary/aromatic N) is 1. The quantitative estimate of drug-likeness (QED) is 0.321. The van der Waals surface area contributed by atoms with Gasteiger partial charge in [0.2, 0.25) is 0 Å². The maximum Gasteiger partial charge on any atom is 0.267 e. The van der Waals surface area contributed by atoms with Crippen LogP contribution in [-0.2, 0) is 11.2 Å². The average Bonchev–Trinajstić information content (AvgIpc) is 2.58. The van der Waals surface area contributed by atoms with Crippen LogP contribution in [0.1, 0.15) is 11.1 Å². The molecule has 0 saturated carbocycles. The van der Waals surface area contributed by atoms with Crippen LogP contribution in [0.5, 0.6) is 0 Å². The third-order valence-electron chi connectivity index (χ3n) is 3.51. The van der Waals surface area contributed by atoms with E-state index in [2.05, 4.69) is 16.7 Å². The molecule has 25 heavy (non-hydrogen) atoms. The van der Waals surface area contributed by atoms with Crippen molar-refractivity contribution in [1.82, 2.24) is 5.32 Å². The second kappa shape index (κ2) is 8.76. The van der Waals surface area contributed by atoms with Crippen LogP contribution in [0.25, 0.3) is 0 Å². The van der Waals surface area contributed by atoms with Gasteiger partial charge in [0.15, 0.2) is 0 Å². The first kappa shape index (κ1) is 18.4. The van der Waals surface area contributed by atoms with Crippen LogP contribution in [0.15, 0.2) is 54.2 Å². The molecular weight excluding hydrogens is 336 g/mol. The van der Waals surface area contributed by atoms with Crippen molar-refractivity contribution in [2.45, 2.75) is 13.3 Å². The summed E-state index contributed by atoms with van der Waals surface area (Å²) in [6.45, 7) is 2.66. The summed E-state index contributed by atoms with van der Waals surface area (Å²) in [5.41, 5.74) is 8.91. The molecule has 0 heterocycles. The molecule has 0 aliphatic heterocycles. The van der Waals surface area contributed by atoms with Gasteiger partial charge >= 0.3 is 0 Å². The van der Waals surface area contributed by atoms with Gasteiger partial charge in [0.05, 0.1) is 10.7 Å². The van der Waals surface area contributed by atoms with Gasteiger partial charge in [-0.1, -0.05) is 41.4 Å². The Labute approximate surface area is 152 Å². The van der Waals surface area contributed by atoms with E-state index in [1.807, 2.05) is 31.2 Å². The maximum absolute atomic E-state index is 12.1. The minimum atomic E-state index is -0.508. The van der Waals surface area contributed by atoms with Gasteiger partial charge in [0.25, 0.3) is 5.91 Å². The number of carbonyl (C=O) groups excluding carboxylic acids is 1. The van der Waals surface area contributed by atoms with E-state index in [9.17, 15) is 4.79 Å². The Bertz CT molecular complexity index is 840. The zero-order valence-corrected chi connectivity index (χ0v) is 14.6. The molecular formula is C19H19ClN4O. The van der Waals surface area contributed by atoms with E-state index in [1.165, 1.54) is 23.4 Å².